The number of ether oxygens (including phenoxy) is 3. The summed E-state index contributed by atoms with van der Waals surface area (Å²) in [5, 5.41) is 22.1. The van der Waals surface area contributed by atoms with Gasteiger partial charge in [-0.25, -0.2) is 0 Å². The molecular formula is C50H78N2O9S. The molecule has 2 unspecified atom stereocenters. The Kier molecular flexibility index (Phi) is 24.6. The molecule has 0 aromatic heterocycles. The number of carbonyl (C=O) groups is 1. The van der Waals surface area contributed by atoms with Gasteiger partial charge in [0.15, 0.2) is 0 Å². The van der Waals surface area contributed by atoms with Crippen LogP contribution in [-0.2, 0) is 23.8 Å². The normalized spacial score (nSPS) is 14.2. The summed E-state index contributed by atoms with van der Waals surface area (Å²) in [5.74, 6) is 1.45. The number of hydrogen-bond acceptors (Lipinski definition) is 10. The fourth-order valence-corrected chi connectivity index (χ4v) is 6.37. The second-order valence-corrected chi connectivity index (χ2v) is 20.0. The average molecular weight is 883 g/mol. The number of nitrogens with one attached hydrogen (secondary N) is 1. The van der Waals surface area contributed by atoms with Crippen LogP contribution in [-0.4, -0.2) is 105 Å². The number of aliphatic hydroxyl groups is 2. The van der Waals surface area contributed by atoms with Crippen LogP contribution in [0, 0.1) is 5.92 Å². The lowest BCUT2D eigenvalue weighted by molar-refractivity contribution is -0.117. The molecule has 1 heterocycles. The molecule has 0 bridgehead atoms. The molecule has 12 heteroatoms. The van der Waals surface area contributed by atoms with Crippen molar-refractivity contribution in [3.05, 3.63) is 108 Å². The Bertz CT molecular complexity index is 1850. The highest BCUT2D eigenvalue weighted by molar-refractivity contribution is 7.86. The van der Waals surface area contributed by atoms with Crippen LogP contribution in [0.1, 0.15) is 113 Å². The van der Waals surface area contributed by atoms with E-state index in [1.807, 2.05) is 70.2 Å². The van der Waals surface area contributed by atoms with Crippen molar-refractivity contribution in [2.24, 2.45) is 5.92 Å². The van der Waals surface area contributed by atoms with E-state index in [-0.39, 0.29) is 37.2 Å². The van der Waals surface area contributed by atoms with Crippen LogP contribution in [0.2, 0.25) is 0 Å². The monoisotopic (exact) mass is 883 g/mol. The van der Waals surface area contributed by atoms with E-state index in [1.54, 1.807) is 20.8 Å². The molecule has 0 radical (unpaired) electrons. The number of unbranched alkanes of at least 4 members (excludes halogenated alkanes) is 1. The first-order valence-corrected chi connectivity index (χ1v) is 23.3. The third-order valence-electron chi connectivity index (χ3n) is 8.59. The first-order valence-electron chi connectivity index (χ1n) is 21.5. The molecule has 1 saturated heterocycles. The van der Waals surface area contributed by atoms with Crippen LogP contribution in [0.4, 0.5) is 0 Å². The number of nitrogens with zero attached hydrogens (tertiary/aromatic N) is 1. The van der Waals surface area contributed by atoms with E-state index in [0.717, 1.165) is 52.7 Å². The second kappa shape index (κ2) is 27.2. The smallest absolute Gasteiger partial charge is 0.264 e. The molecule has 348 valence electrons. The van der Waals surface area contributed by atoms with Gasteiger partial charge in [0.1, 0.15) is 24.2 Å². The van der Waals surface area contributed by atoms with Gasteiger partial charge in [0.25, 0.3) is 10.1 Å². The molecule has 11 nitrogen and oxygen atoms in total. The SMILES string of the molecule is C=CC(=O)NC(C)(C)C.CC(C)(C)N1CC1.CC(C)(C)OS(C)(=O)=O.CCCCOCC(O)COc1ccc(/C(=C(\C)c2ccccc2)c2ccc(OCC(C)CO)cc2)cc1. The Morgan fingerprint density at radius 2 is 1.32 bits per heavy atom. The van der Waals surface area contributed by atoms with Crippen LogP contribution in [0.3, 0.4) is 0 Å². The number of amides is 1. The van der Waals surface area contributed by atoms with Gasteiger partial charge < -0.3 is 29.7 Å². The number of aliphatic hydroxyl groups excluding tert-OH is 2. The Morgan fingerprint density at radius 1 is 0.823 bits per heavy atom. The molecule has 0 aliphatic carbocycles. The number of allylic oxidation sites excluding steroid dienone is 1. The van der Waals surface area contributed by atoms with Crippen LogP contribution in [0.15, 0.2) is 91.5 Å². The second-order valence-electron chi connectivity index (χ2n) is 18.4. The van der Waals surface area contributed by atoms with Gasteiger partial charge >= 0.3 is 0 Å². The third-order valence-corrected chi connectivity index (χ3v) is 9.39. The molecular weight excluding hydrogens is 805 g/mol. The zero-order valence-corrected chi connectivity index (χ0v) is 40.7. The molecule has 62 heavy (non-hydrogen) atoms. The molecule has 4 rings (SSSR count). The van der Waals surface area contributed by atoms with Crippen molar-refractivity contribution < 1.29 is 41.8 Å². The van der Waals surface area contributed by atoms with Gasteiger partial charge in [-0.05, 0) is 134 Å². The molecule has 3 aromatic rings. The molecule has 1 fully saturated rings. The number of hydrogen-bond donors (Lipinski definition) is 3. The summed E-state index contributed by atoms with van der Waals surface area (Å²) in [6.07, 6.45) is 3.71. The van der Waals surface area contributed by atoms with Gasteiger partial charge in [-0.15, -0.1) is 0 Å². The molecule has 3 N–H and O–H groups in total. The van der Waals surface area contributed by atoms with Crippen molar-refractivity contribution >= 4 is 27.2 Å². The van der Waals surface area contributed by atoms with Crippen LogP contribution >= 0.6 is 0 Å². The lowest BCUT2D eigenvalue weighted by atomic mass is 9.90. The van der Waals surface area contributed by atoms with E-state index in [9.17, 15) is 23.4 Å². The average Bonchev–Trinajstić information content (AvgIpc) is 4.05. The van der Waals surface area contributed by atoms with E-state index in [0.29, 0.717) is 24.5 Å². The highest BCUT2D eigenvalue weighted by atomic mass is 32.2. The Hall–Kier alpha value is -4.04. The van der Waals surface area contributed by atoms with Crippen molar-refractivity contribution in [1.82, 2.24) is 10.2 Å². The van der Waals surface area contributed by atoms with E-state index in [2.05, 4.69) is 92.0 Å². The Morgan fingerprint density at radius 3 is 1.66 bits per heavy atom. The summed E-state index contributed by atoms with van der Waals surface area (Å²) >= 11 is 0. The summed E-state index contributed by atoms with van der Waals surface area (Å²) in [4.78, 5) is 13.0. The summed E-state index contributed by atoms with van der Waals surface area (Å²) < 4.78 is 42.5. The zero-order valence-electron chi connectivity index (χ0n) is 39.9. The standard InChI is InChI=1S/C32H40O5.C7H13NO.C6H13N.C5H12O3S/c1-4-5-19-35-22-29(34)23-37-31-17-13-28(14-18-31)32(25(3)26-9-7-6-8-10-26)27-11-15-30(16-12-27)36-21-24(2)20-33;1-5-6(9)8-7(2,3)4;1-6(2,3)7-4-5-7;1-5(2,3)8-9(4,6)7/h6-18,24,29,33-34H,4-5,19-23H2,1-3H3;5H,1H2,2-4H3,(H,8,9);4-5H2,1-3H3;1-4H3/b32-25+;;;. The molecule has 3 aromatic carbocycles. The lowest BCUT2D eigenvalue weighted by Gasteiger charge is -2.18. The molecule has 2 atom stereocenters. The summed E-state index contributed by atoms with van der Waals surface area (Å²) in [5.41, 5.74) is 5.28. The van der Waals surface area contributed by atoms with E-state index < -0.39 is 21.8 Å². The summed E-state index contributed by atoms with van der Waals surface area (Å²) in [7, 11) is -3.28. The molecule has 1 aliphatic rings. The van der Waals surface area contributed by atoms with E-state index in [4.69, 9.17) is 14.2 Å². The molecule has 1 aliphatic heterocycles. The zero-order chi connectivity index (χ0) is 47.1. The fraction of sp³-hybridized carbons (Fsp3) is 0.540. The van der Waals surface area contributed by atoms with Crippen LogP contribution in [0.25, 0.3) is 11.1 Å². The maximum absolute atomic E-state index is 10.6. The first kappa shape index (κ1) is 56.0. The minimum absolute atomic E-state index is 0.0888. The van der Waals surface area contributed by atoms with Gasteiger partial charge in [-0.2, -0.15) is 8.42 Å². The molecule has 0 spiro atoms. The number of benzene rings is 3. The predicted octanol–water partition coefficient (Wildman–Crippen LogP) is 9.18. The molecule has 1 amide bonds. The summed E-state index contributed by atoms with van der Waals surface area (Å²) in [6, 6.07) is 26.4. The van der Waals surface area contributed by atoms with Gasteiger partial charge in [-0.3, -0.25) is 13.9 Å². The summed E-state index contributed by atoms with van der Waals surface area (Å²) in [6.45, 7) is 31.4. The van der Waals surface area contributed by atoms with Gasteiger partial charge in [0.2, 0.25) is 5.91 Å². The van der Waals surface area contributed by atoms with Crippen molar-refractivity contribution in [3.8, 4) is 11.5 Å². The highest BCUT2D eigenvalue weighted by Gasteiger charge is 2.29. The lowest BCUT2D eigenvalue weighted by Crippen LogP contribution is -2.39. The van der Waals surface area contributed by atoms with Gasteiger partial charge in [0, 0.05) is 43.3 Å². The highest BCUT2D eigenvalue weighted by Crippen LogP contribution is 2.34. The number of carbonyl (C=O) groups excluding carboxylic acids is 1. The number of rotatable bonds is 17. The Labute approximate surface area is 374 Å². The maximum atomic E-state index is 10.6. The van der Waals surface area contributed by atoms with Crippen LogP contribution < -0.4 is 14.8 Å². The third kappa shape index (κ3) is 26.4. The van der Waals surface area contributed by atoms with Gasteiger partial charge in [-0.1, -0.05) is 81.4 Å². The first-order chi connectivity index (χ1) is 28.8. The largest absolute Gasteiger partial charge is 0.493 e. The van der Waals surface area contributed by atoms with Crippen molar-refractivity contribution in [1.29, 1.82) is 0 Å². The quantitative estimate of drug-likeness (QED) is 0.0395. The van der Waals surface area contributed by atoms with Crippen molar-refractivity contribution in [3.63, 3.8) is 0 Å². The predicted molar refractivity (Wildman–Crippen MR) is 255 cm³/mol. The molecule has 0 saturated carbocycles. The Balaban J connectivity index is 0.000000617. The van der Waals surface area contributed by atoms with Crippen molar-refractivity contribution in [2.45, 2.75) is 119 Å². The fourth-order valence-electron chi connectivity index (χ4n) is 5.46. The van der Waals surface area contributed by atoms with Crippen LogP contribution in [0.5, 0.6) is 11.5 Å². The van der Waals surface area contributed by atoms with E-state index >= 15 is 0 Å². The maximum Gasteiger partial charge on any atom is 0.264 e. The van der Waals surface area contributed by atoms with Gasteiger partial charge in [0.05, 0.1) is 25.1 Å². The van der Waals surface area contributed by atoms with E-state index in [1.165, 1.54) is 19.2 Å². The minimum atomic E-state index is -3.28. The minimum Gasteiger partial charge on any atom is -0.493 e. The van der Waals surface area contributed by atoms with Crippen molar-refractivity contribution in [2.75, 3.05) is 52.4 Å². The topological polar surface area (TPSA) is 144 Å².